The SMILES string of the molecule is Cc1ccnc(CS(=O)(=O)Cl)c1. The van der Waals surface area contributed by atoms with Crippen LogP contribution in [0.2, 0.25) is 0 Å². The second-order valence-electron chi connectivity index (χ2n) is 2.51. The minimum absolute atomic E-state index is 0.212. The summed E-state index contributed by atoms with van der Waals surface area (Å²) in [6.07, 6.45) is 1.56. The molecule has 1 aromatic heterocycles. The molecule has 0 fully saturated rings. The molecule has 0 spiro atoms. The van der Waals surface area contributed by atoms with Crippen molar-refractivity contribution >= 4 is 19.7 Å². The van der Waals surface area contributed by atoms with E-state index in [1.807, 2.05) is 6.92 Å². The van der Waals surface area contributed by atoms with Crippen LogP contribution in [0.1, 0.15) is 11.3 Å². The molecule has 12 heavy (non-hydrogen) atoms. The third-order valence-corrected chi connectivity index (χ3v) is 2.26. The molecule has 0 atom stereocenters. The zero-order chi connectivity index (χ0) is 9.19. The lowest BCUT2D eigenvalue weighted by atomic mass is 10.3. The Morgan fingerprint density at radius 3 is 2.75 bits per heavy atom. The minimum Gasteiger partial charge on any atom is -0.260 e. The Hall–Kier alpha value is -0.610. The Morgan fingerprint density at radius 2 is 2.25 bits per heavy atom. The molecule has 0 amide bonds. The fourth-order valence-electron chi connectivity index (χ4n) is 0.854. The van der Waals surface area contributed by atoms with Crippen LogP contribution in [0.25, 0.3) is 0 Å². The highest BCUT2D eigenvalue weighted by molar-refractivity contribution is 8.13. The molecule has 0 unspecified atom stereocenters. The molecule has 66 valence electrons. The number of nitrogens with zero attached hydrogens (tertiary/aromatic N) is 1. The maximum Gasteiger partial charge on any atom is 0.238 e. The van der Waals surface area contributed by atoms with Crippen LogP contribution in [0.5, 0.6) is 0 Å². The highest BCUT2D eigenvalue weighted by Crippen LogP contribution is 2.07. The predicted octanol–water partition coefficient (Wildman–Crippen LogP) is 1.46. The molecule has 5 heteroatoms. The predicted molar refractivity (Wildman–Crippen MR) is 47.5 cm³/mol. The largest absolute Gasteiger partial charge is 0.260 e. The van der Waals surface area contributed by atoms with Gasteiger partial charge in [0.1, 0.15) is 5.75 Å². The maximum atomic E-state index is 10.6. The molecular weight excluding hydrogens is 198 g/mol. The first kappa shape index (κ1) is 9.48. The summed E-state index contributed by atoms with van der Waals surface area (Å²) in [6, 6.07) is 3.49. The number of hydrogen-bond donors (Lipinski definition) is 0. The summed E-state index contributed by atoms with van der Waals surface area (Å²) in [5, 5.41) is 0. The third-order valence-electron chi connectivity index (χ3n) is 1.29. The Bertz CT molecular complexity index is 375. The molecule has 0 aliphatic rings. The lowest BCUT2D eigenvalue weighted by Gasteiger charge is -1.97. The van der Waals surface area contributed by atoms with Gasteiger partial charge in [-0.25, -0.2) is 8.42 Å². The maximum absolute atomic E-state index is 10.6. The molecule has 1 heterocycles. The van der Waals surface area contributed by atoms with Gasteiger partial charge >= 0.3 is 0 Å². The number of halogens is 1. The summed E-state index contributed by atoms with van der Waals surface area (Å²) in [5.41, 5.74) is 1.45. The van der Waals surface area contributed by atoms with Crippen molar-refractivity contribution in [3.05, 3.63) is 29.6 Å². The molecule has 3 nitrogen and oxygen atoms in total. The van der Waals surface area contributed by atoms with E-state index in [2.05, 4.69) is 4.98 Å². The van der Waals surface area contributed by atoms with Crippen LogP contribution >= 0.6 is 10.7 Å². The Labute approximate surface area is 75.8 Å². The van der Waals surface area contributed by atoms with Gasteiger partial charge in [-0.1, -0.05) is 0 Å². The molecule has 1 aromatic rings. The van der Waals surface area contributed by atoms with Gasteiger partial charge in [0.05, 0.1) is 5.69 Å². The van der Waals surface area contributed by atoms with Gasteiger partial charge < -0.3 is 0 Å². The second-order valence-corrected chi connectivity index (χ2v) is 5.28. The molecule has 0 radical (unpaired) electrons. The smallest absolute Gasteiger partial charge is 0.238 e. The van der Waals surface area contributed by atoms with E-state index < -0.39 is 9.05 Å². The first-order valence-corrected chi connectivity index (χ1v) is 5.79. The van der Waals surface area contributed by atoms with E-state index in [1.165, 1.54) is 0 Å². The third kappa shape index (κ3) is 3.19. The quantitative estimate of drug-likeness (QED) is 0.687. The first-order valence-electron chi connectivity index (χ1n) is 3.31. The molecule has 0 bridgehead atoms. The summed E-state index contributed by atoms with van der Waals surface area (Å²) in [4.78, 5) is 3.86. The molecule has 0 aliphatic heterocycles. The van der Waals surface area contributed by atoms with Crippen LogP contribution in [0.15, 0.2) is 18.3 Å². The van der Waals surface area contributed by atoms with Crippen LogP contribution in [0.3, 0.4) is 0 Å². The van der Waals surface area contributed by atoms with Crippen molar-refractivity contribution in [2.75, 3.05) is 0 Å². The Balaban J connectivity index is 2.91. The van der Waals surface area contributed by atoms with E-state index >= 15 is 0 Å². The number of rotatable bonds is 2. The number of aryl methyl sites for hydroxylation is 1. The number of hydrogen-bond acceptors (Lipinski definition) is 3. The normalized spacial score (nSPS) is 11.5. The molecule has 1 rings (SSSR count). The van der Waals surface area contributed by atoms with E-state index in [9.17, 15) is 8.42 Å². The summed E-state index contributed by atoms with van der Waals surface area (Å²) in [7, 11) is 1.57. The van der Waals surface area contributed by atoms with Crippen molar-refractivity contribution in [3.63, 3.8) is 0 Å². The van der Waals surface area contributed by atoms with E-state index in [0.29, 0.717) is 5.69 Å². The van der Waals surface area contributed by atoms with Gasteiger partial charge in [-0.2, -0.15) is 0 Å². The summed E-state index contributed by atoms with van der Waals surface area (Å²) in [5.74, 6) is -0.212. The minimum atomic E-state index is -3.48. The van der Waals surface area contributed by atoms with Crippen molar-refractivity contribution in [1.29, 1.82) is 0 Å². The van der Waals surface area contributed by atoms with Gasteiger partial charge in [-0.15, -0.1) is 0 Å². The lowest BCUT2D eigenvalue weighted by molar-refractivity contribution is 0.608. The van der Waals surface area contributed by atoms with Crippen LogP contribution in [0.4, 0.5) is 0 Å². The molecule has 0 aliphatic carbocycles. The highest BCUT2D eigenvalue weighted by Gasteiger charge is 2.07. The Kier molecular flexibility index (Phi) is 2.69. The molecule has 0 N–H and O–H groups in total. The molecule has 0 saturated carbocycles. The Morgan fingerprint density at radius 1 is 1.58 bits per heavy atom. The van der Waals surface area contributed by atoms with Crippen molar-refractivity contribution in [2.45, 2.75) is 12.7 Å². The van der Waals surface area contributed by atoms with Gasteiger partial charge in [0.15, 0.2) is 0 Å². The first-order chi connectivity index (χ1) is 5.47. The number of pyridine rings is 1. The lowest BCUT2D eigenvalue weighted by Crippen LogP contribution is -1.97. The van der Waals surface area contributed by atoms with E-state index in [4.69, 9.17) is 10.7 Å². The summed E-state index contributed by atoms with van der Waals surface area (Å²) >= 11 is 0. The van der Waals surface area contributed by atoms with Crippen LogP contribution in [-0.4, -0.2) is 13.4 Å². The second kappa shape index (κ2) is 3.41. The average Bonchev–Trinajstić information content (AvgIpc) is 1.82. The van der Waals surface area contributed by atoms with Crippen molar-refractivity contribution < 1.29 is 8.42 Å². The van der Waals surface area contributed by atoms with Gasteiger partial charge in [0.2, 0.25) is 9.05 Å². The van der Waals surface area contributed by atoms with Crippen LogP contribution in [-0.2, 0) is 14.8 Å². The van der Waals surface area contributed by atoms with Gasteiger partial charge in [0, 0.05) is 16.9 Å². The highest BCUT2D eigenvalue weighted by atomic mass is 35.7. The molecule has 0 saturated heterocycles. The average molecular weight is 206 g/mol. The van der Waals surface area contributed by atoms with Crippen molar-refractivity contribution in [3.8, 4) is 0 Å². The summed E-state index contributed by atoms with van der Waals surface area (Å²) in [6.45, 7) is 1.87. The number of aromatic nitrogens is 1. The van der Waals surface area contributed by atoms with E-state index in [0.717, 1.165) is 5.56 Å². The van der Waals surface area contributed by atoms with E-state index in [-0.39, 0.29) is 5.75 Å². The van der Waals surface area contributed by atoms with Gasteiger partial charge in [-0.05, 0) is 24.6 Å². The fraction of sp³-hybridized carbons (Fsp3) is 0.286. The monoisotopic (exact) mass is 205 g/mol. The molecule has 0 aromatic carbocycles. The van der Waals surface area contributed by atoms with Crippen LogP contribution in [0, 0.1) is 6.92 Å². The van der Waals surface area contributed by atoms with Gasteiger partial charge in [-0.3, -0.25) is 4.98 Å². The zero-order valence-corrected chi connectivity index (χ0v) is 8.06. The van der Waals surface area contributed by atoms with E-state index in [1.54, 1.807) is 18.3 Å². The summed E-state index contributed by atoms with van der Waals surface area (Å²) < 4.78 is 21.3. The standard InChI is InChI=1S/C7H8ClNO2S/c1-6-2-3-9-7(4-6)5-12(8,10)11/h2-4H,5H2,1H3. The van der Waals surface area contributed by atoms with Crippen molar-refractivity contribution in [1.82, 2.24) is 4.98 Å². The zero-order valence-electron chi connectivity index (χ0n) is 6.49. The van der Waals surface area contributed by atoms with Gasteiger partial charge in [0.25, 0.3) is 0 Å². The topological polar surface area (TPSA) is 47.0 Å². The van der Waals surface area contributed by atoms with Crippen molar-refractivity contribution in [2.24, 2.45) is 0 Å². The fourth-order valence-corrected chi connectivity index (χ4v) is 1.70. The van der Waals surface area contributed by atoms with Crippen LogP contribution < -0.4 is 0 Å². The molecular formula is C7H8ClNO2S.